The number of allylic oxidation sites excluding steroid dienone is 2. The Hall–Kier alpha value is -1.94. The number of nitrogens with zero attached hydrogens (tertiary/aromatic N) is 1. The first-order valence-corrected chi connectivity index (χ1v) is 24.4. The van der Waals surface area contributed by atoms with Crippen LogP contribution in [0, 0.1) is 63.1 Å². The summed E-state index contributed by atoms with van der Waals surface area (Å²) in [4.78, 5) is 12.1. The Labute approximate surface area is 345 Å². The van der Waals surface area contributed by atoms with Gasteiger partial charge >= 0.3 is 5.97 Å². The van der Waals surface area contributed by atoms with Crippen LogP contribution in [-0.4, -0.2) is 60.3 Å². The van der Waals surface area contributed by atoms with Crippen LogP contribution in [-0.2, 0) is 30.4 Å². The maximum Gasteiger partial charge on any atom is 0.302 e. The average molecular weight is 812 g/mol. The fourth-order valence-corrected chi connectivity index (χ4v) is 14.2. The number of aryl methyl sites for hydroxylation is 1. The van der Waals surface area contributed by atoms with E-state index in [1.807, 2.05) is 0 Å². The van der Waals surface area contributed by atoms with Gasteiger partial charge in [0.05, 0.1) is 25.1 Å². The molecule has 14 atom stereocenters. The van der Waals surface area contributed by atoms with Crippen molar-refractivity contribution < 1.29 is 32.3 Å². The van der Waals surface area contributed by atoms with E-state index >= 15 is 0 Å². The molecule has 1 aromatic heterocycles. The third-order valence-electron chi connectivity index (χ3n) is 17.8. The number of aromatic nitrogens is 1. The highest BCUT2D eigenvalue weighted by atomic mass is 32.2. The topological polar surface area (TPSA) is 115 Å². The largest absolute Gasteiger partial charge is 0.462 e. The van der Waals surface area contributed by atoms with E-state index < -0.39 is 10.1 Å². The predicted molar refractivity (Wildman–Crippen MR) is 227 cm³/mol. The molecule has 0 aromatic carbocycles. The summed E-state index contributed by atoms with van der Waals surface area (Å²) in [6.45, 7) is 23.1. The number of fused-ring (bicyclic) bond motifs is 2. The van der Waals surface area contributed by atoms with E-state index in [0.29, 0.717) is 41.4 Å². The molecule has 0 bridgehead atoms. The van der Waals surface area contributed by atoms with E-state index in [-0.39, 0.29) is 52.5 Å². The van der Waals surface area contributed by atoms with Gasteiger partial charge in [-0.1, -0.05) is 65.3 Å². The third kappa shape index (κ3) is 9.08. The van der Waals surface area contributed by atoms with Crippen molar-refractivity contribution in [1.82, 2.24) is 4.57 Å². The normalized spacial score (nSPS) is 43.5. The SMILES string of the molecule is C=C1CC[C@H]2[C@H](O)[C@@H]([C@@]3(C)CC[C@H](O)C[C@@H]3CCn3cccc3)CC[C@]12C.C=C1CC[C@H]2[C@H](OC(C)=O)[C@@H]([C@@]3(C)CC[C@H](C)C[C@@H]3CCOS(C)(=O)=O)CC[C@]12C. The van der Waals surface area contributed by atoms with Crippen LogP contribution in [0.15, 0.2) is 48.8 Å². The molecular weight excluding hydrogens is 735 g/mol. The molecule has 2 N–H and O–H groups in total. The molecule has 0 amide bonds. The molecule has 6 saturated carbocycles. The van der Waals surface area contributed by atoms with Gasteiger partial charge in [0.25, 0.3) is 10.1 Å². The molecule has 57 heavy (non-hydrogen) atoms. The third-order valence-corrected chi connectivity index (χ3v) is 18.4. The smallest absolute Gasteiger partial charge is 0.302 e. The number of hydrogen-bond donors (Lipinski definition) is 2. The Bertz CT molecular complexity index is 1690. The summed E-state index contributed by atoms with van der Waals surface area (Å²) < 4.78 is 36.4. The molecule has 1 heterocycles. The fraction of sp³-hybridized carbons (Fsp3) is 0.812. The van der Waals surface area contributed by atoms with Gasteiger partial charge in [-0.05, 0) is 160 Å². The summed E-state index contributed by atoms with van der Waals surface area (Å²) in [5, 5.41) is 21.8. The van der Waals surface area contributed by atoms with E-state index in [4.69, 9.17) is 8.92 Å². The van der Waals surface area contributed by atoms with Crippen molar-refractivity contribution in [1.29, 1.82) is 0 Å². The first kappa shape index (κ1) is 44.6. The average Bonchev–Trinajstić information content (AvgIpc) is 3.85. The van der Waals surface area contributed by atoms with Crippen LogP contribution in [0.25, 0.3) is 0 Å². The van der Waals surface area contributed by atoms with Crippen molar-refractivity contribution in [2.75, 3.05) is 12.9 Å². The highest BCUT2D eigenvalue weighted by Crippen LogP contribution is 2.64. The molecule has 6 aliphatic carbocycles. The summed E-state index contributed by atoms with van der Waals surface area (Å²) >= 11 is 0. The van der Waals surface area contributed by atoms with Gasteiger partial charge in [0.2, 0.25) is 0 Å². The zero-order valence-corrected chi connectivity index (χ0v) is 37.3. The van der Waals surface area contributed by atoms with Gasteiger partial charge in [-0.2, -0.15) is 8.42 Å². The molecule has 8 nitrogen and oxygen atoms in total. The van der Waals surface area contributed by atoms with Crippen LogP contribution in [0.5, 0.6) is 0 Å². The maximum atomic E-state index is 12.1. The van der Waals surface area contributed by atoms with Gasteiger partial charge in [-0.15, -0.1) is 0 Å². The molecule has 0 spiro atoms. The summed E-state index contributed by atoms with van der Waals surface area (Å²) in [5.74, 6) is 2.60. The molecule has 9 heteroatoms. The molecule has 6 aliphatic rings. The molecule has 6 fully saturated rings. The fourth-order valence-electron chi connectivity index (χ4n) is 13.8. The van der Waals surface area contributed by atoms with Gasteiger partial charge in [0.1, 0.15) is 6.10 Å². The van der Waals surface area contributed by atoms with Crippen molar-refractivity contribution in [2.45, 2.75) is 169 Å². The number of carbonyl (C=O) groups is 1. The highest BCUT2D eigenvalue weighted by molar-refractivity contribution is 7.85. The second kappa shape index (κ2) is 17.2. The maximum absolute atomic E-state index is 12.1. The van der Waals surface area contributed by atoms with Crippen LogP contribution < -0.4 is 0 Å². The summed E-state index contributed by atoms with van der Waals surface area (Å²) in [5.41, 5.74) is 3.00. The summed E-state index contributed by atoms with van der Waals surface area (Å²) in [6, 6.07) is 4.15. The lowest BCUT2D eigenvalue weighted by atomic mass is 9.51. The number of hydrogen-bond acceptors (Lipinski definition) is 7. The predicted octanol–water partition coefficient (Wildman–Crippen LogP) is 9.90. The Morgan fingerprint density at radius 3 is 1.98 bits per heavy atom. The van der Waals surface area contributed by atoms with E-state index in [9.17, 15) is 23.4 Å². The van der Waals surface area contributed by atoms with E-state index in [1.54, 1.807) is 0 Å². The van der Waals surface area contributed by atoms with Gasteiger partial charge in [0.15, 0.2) is 0 Å². The number of aliphatic hydroxyl groups is 2. The number of ether oxygens (including phenoxy) is 1. The Balaban J connectivity index is 0.000000194. The number of rotatable bonds is 10. The number of esters is 1. The van der Waals surface area contributed by atoms with E-state index in [1.165, 1.54) is 24.5 Å². The van der Waals surface area contributed by atoms with Crippen molar-refractivity contribution in [3.8, 4) is 0 Å². The summed E-state index contributed by atoms with van der Waals surface area (Å²) in [6.07, 6.45) is 21.4. The summed E-state index contributed by atoms with van der Waals surface area (Å²) in [7, 11) is -3.43. The molecule has 0 saturated heterocycles. The molecule has 7 rings (SSSR count). The zero-order chi connectivity index (χ0) is 41.6. The van der Waals surface area contributed by atoms with Crippen LogP contribution in [0.4, 0.5) is 0 Å². The van der Waals surface area contributed by atoms with E-state index in [2.05, 4.69) is 76.9 Å². The Morgan fingerprint density at radius 2 is 1.35 bits per heavy atom. The molecule has 1 aromatic rings. The van der Waals surface area contributed by atoms with Crippen molar-refractivity contribution in [2.24, 2.45) is 63.1 Å². The lowest BCUT2D eigenvalue weighted by molar-refractivity contribution is -0.172. The zero-order valence-electron chi connectivity index (χ0n) is 36.5. The van der Waals surface area contributed by atoms with Gasteiger partial charge in [0, 0.05) is 37.7 Å². The Kier molecular flexibility index (Phi) is 13.5. The quantitative estimate of drug-likeness (QED) is 0.137. The van der Waals surface area contributed by atoms with Crippen LogP contribution >= 0.6 is 0 Å². The van der Waals surface area contributed by atoms with Crippen molar-refractivity contribution >= 4 is 16.1 Å². The van der Waals surface area contributed by atoms with E-state index in [0.717, 1.165) is 109 Å². The monoisotopic (exact) mass is 812 g/mol. The second-order valence-corrected chi connectivity index (χ2v) is 22.6. The molecule has 0 radical (unpaired) electrons. The standard InChI is InChI=1S/C24H37NO2.C24H40O5S/c1-17-6-7-20-22(27)21(9-12-23(17,20)2)24(3)11-8-19(26)16-18(24)10-15-25-13-4-5-14-25;1-16-9-12-24(5,19(15-16)11-14-28-30(6,26)27)21-10-13-23(4)17(2)7-8-20(23)22(21)29-18(3)25/h4-5,13-14,18-22,26-27H,1,6-12,15-16H2,2-3H3;16,19-22H,2,7-15H2,1,3-6H3/t18-,19-,20-,21-,22-,23+,24-;16-,19-,20-,21-,22-,23+,24-/m00/s1. The van der Waals surface area contributed by atoms with Crippen LogP contribution in [0.3, 0.4) is 0 Å². The van der Waals surface area contributed by atoms with Gasteiger partial charge in [-0.3, -0.25) is 8.98 Å². The molecule has 322 valence electrons. The first-order valence-electron chi connectivity index (χ1n) is 22.6. The van der Waals surface area contributed by atoms with Crippen LogP contribution in [0.2, 0.25) is 0 Å². The van der Waals surface area contributed by atoms with Crippen LogP contribution in [0.1, 0.15) is 144 Å². The first-order chi connectivity index (χ1) is 26.7. The number of aliphatic hydroxyl groups excluding tert-OH is 2. The van der Waals surface area contributed by atoms with Crippen molar-refractivity contribution in [3.05, 3.63) is 48.8 Å². The minimum atomic E-state index is -3.43. The molecular formula is C48H77NO7S. The lowest BCUT2D eigenvalue weighted by Gasteiger charge is -2.56. The minimum Gasteiger partial charge on any atom is -0.462 e. The lowest BCUT2D eigenvalue weighted by Crippen LogP contribution is -2.53. The minimum absolute atomic E-state index is 0.0126. The van der Waals surface area contributed by atoms with Crippen molar-refractivity contribution in [3.63, 3.8) is 0 Å². The highest BCUT2D eigenvalue weighted by Gasteiger charge is 2.59. The molecule has 0 unspecified atom stereocenters. The van der Waals surface area contributed by atoms with Gasteiger partial charge < -0.3 is 19.5 Å². The van der Waals surface area contributed by atoms with Gasteiger partial charge in [-0.25, -0.2) is 0 Å². The second-order valence-electron chi connectivity index (χ2n) is 20.9. The molecule has 0 aliphatic heterocycles. The Morgan fingerprint density at radius 1 is 0.789 bits per heavy atom. The number of carbonyl (C=O) groups excluding carboxylic acids is 1.